The summed E-state index contributed by atoms with van der Waals surface area (Å²) < 4.78 is 19.2. The summed E-state index contributed by atoms with van der Waals surface area (Å²) in [5.41, 5.74) is 0. The molecule has 2 rings (SSSR count). The summed E-state index contributed by atoms with van der Waals surface area (Å²) >= 11 is 0. The van der Waals surface area contributed by atoms with Crippen LogP contribution in [0.25, 0.3) is 0 Å². The molecule has 142 valence electrons. The van der Waals surface area contributed by atoms with Gasteiger partial charge in [0.15, 0.2) is 17.5 Å². The van der Waals surface area contributed by atoms with Crippen LogP contribution in [0.4, 0.5) is 4.39 Å². The molecule has 1 aliphatic rings. The minimum atomic E-state index is -0.339. The van der Waals surface area contributed by atoms with Gasteiger partial charge >= 0.3 is 0 Å². The molecule has 25 heavy (non-hydrogen) atoms. The Hall–Kier alpha value is -1.09. The molecule has 0 spiro atoms. The predicted molar refractivity (Wildman–Crippen MR) is 111 cm³/mol. The number of piperidine rings is 1. The summed E-state index contributed by atoms with van der Waals surface area (Å²) in [6, 6.07) is 6.46. The van der Waals surface area contributed by atoms with E-state index in [-0.39, 0.29) is 41.6 Å². The summed E-state index contributed by atoms with van der Waals surface area (Å²) in [4.78, 5) is 6.60. The monoisotopic (exact) mass is 464 g/mol. The topological polar surface area (TPSA) is 48.9 Å². The van der Waals surface area contributed by atoms with E-state index in [0.717, 1.165) is 25.6 Å². The fourth-order valence-corrected chi connectivity index (χ4v) is 2.77. The smallest absolute Gasteiger partial charge is 0.191 e. The number of likely N-dealkylation sites (tertiary alicyclic amines) is 1. The molecule has 5 nitrogen and oxygen atoms in total. The summed E-state index contributed by atoms with van der Waals surface area (Å²) in [5, 5.41) is 6.61. The van der Waals surface area contributed by atoms with Gasteiger partial charge in [-0.15, -0.1) is 24.0 Å². The third-order valence-corrected chi connectivity index (χ3v) is 4.34. The van der Waals surface area contributed by atoms with Crippen molar-refractivity contribution in [3.05, 3.63) is 30.1 Å². The highest BCUT2D eigenvalue weighted by Gasteiger charge is 2.17. The second-order valence-electron chi connectivity index (χ2n) is 6.44. The molecule has 1 saturated heterocycles. The van der Waals surface area contributed by atoms with Gasteiger partial charge < -0.3 is 20.3 Å². The zero-order valence-corrected chi connectivity index (χ0v) is 17.6. The minimum absolute atomic E-state index is 0. The summed E-state index contributed by atoms with van der Waals surface area (Å²) in [6.45, 7) is 5.71. The molecule has 1 aromatic rings. The van der Waals surface area contributed by atoms with Gasteiger partial charge in [-0.05, 0) is 58.0 Å². The first-order valence-corrected chi connectivity index (χ1v) is 8.62. The van der Waals surface area contributed by atoms with Gasteiger partial charge in [0.25, 0.3) is 0 Å². The highest BCUT2D eigenvalue weighted by molar-refractivity contribution is 14.0. The Balaban J connectivity index is 0.00000312. The molecule has 7 heteroatoms. The first-order chi connectivity index (χ1) is 11.6. The van der Waals surface area contributed by atoms with E-state index in [1.54, 1.807) is 25.2 Å². The van der Waals surface area contributed by atoms with Crippen molar-refractivity contribution in [1.82, 2.24) is 15.5 Å². The average molecular weight is 464 g/mol. The average Bonchev–Trinajstić information content (AvgIpc) is 2.58. The van der Waals surface area contributed by atoms with Crippen molar-refractivity contribution in [2.75, 3.05) is 40.3 Å². The number of aliphatic imine (C=N–C) groups is 1. The van der Waals surface area contributed by atoms with E-state index in [0.29, 0.717) is 12.5 Å². The van der Waals surface area contributed by atoms with Crippen LogP contribution in [0.3, 0.4) is 0 Å². The lowest BCUT2D eigenvalue weighted by Crippen LogP contribution is -2.44. The number of benzene rings is 1. The second kappa shape index (κ2) is 11.5. The fraction of sp³-hybridized carbons (Fsp3) is 0.611. The van der Waals surface area contributed by atoms with Gasteiger partial charge in [-0.2, -0.15) is 0 Å². The number of nitrogens with one attached hydrogen (secondary N) is 2. The molecule has 1 unspecified atom stereocenters. The molecule has 0 bridgehead atoms. The van der Waals surface area contributed by atoms with Crippen molar-refractivity contribution >= 4 is 29.9 Å². The van der Waals surface area contributed by atoms with Gasteiger partial charge in [0, 0.05) is 13.6 Å². The SMILES string of the molecule is CN=C(NCC1CCN(C)CC1)NCC(C)Oc1ccccc1F.I. The van der Waals surface area contributed by atoms with Crippen LogP contribution in [0.2, 0.25) is 0 Å². The second-order valence-corrected chi connectivity index (χ2v) is 6.44. The van der Waals surface area contributed by atoms with Gasteiger partial charge in [0.05, 0.1) is 6.54 Å². The molecule has 1 aliphatic heterocycles. The Kier molecular flexibility index (Phi) is 10.1. The van der Waals surface area contributed by atoms with Crippen molar-refractivity contribution < 1.29 is 9.13 Å². The van der Waals surface area contributed by atoms with Gasteiger partial charge in [0.2, 0.25) is 0 Å². The number of rotatable bonds is 6. The predicted octanol–water partition coefficient (Wildman–Crippen LogP) is 2.72. The number of hydrogen-bond acceptors (Lipinski definition) is 3. The Bertz CT molecular complexity index is 536. The maximum atomic E-state index is 13.6. The van der Waals surface area contributed by atoms with Crippen molar-refractivity contribution in [1.29, 1.82) is 0 Å². The molecule has 0 radical (unpaired) electrons. The Morgan fingerprint density at radius 2 is 2.00 bits per heavy atom. The third kappa shape index (κ3) is 7.77. The van der Waals surface area contributed by atoms with Gasteiger partial charge in [0.1, 0.15) is 6.10 Å². The number of ether oxygens (including phenoxy) is 1. The molecule has 1 heterocycles. The molecule has 1 aromatic carbocycles. The number of guanidine groups is 1. The van der Waals surface area contributed by atoms with E-state index in [1.807, 2.05) is 6.92 Å². The summed E-state index contributed by atoms with van der Waals surface area (Å²) in [6.07, 6.45) is 2.27. The fourth-order valence-electron chi connectivity index (χ4n) is 2.77. The Morgan fingerprint density at radius 3 is 2.64 bits per heavy atom. The normalized spacial score (nSPS) is 17.5. The zero-order valence-electron chi connectivity index (χ0n) is 15.3. The molecular formula is C18H30FIN4O. The van der Waals surface area contributed by atoms with Crippen LogP contribution in [-0.2, 0) is 0 Å². The maximum absolute atomic E-state index is 13.6. The van der Waals surface area contributed by atoms with Crippen molar-refractivity contribution in [3.63, 3.8) is 0 Å². The quantitative estimate of drug-likeness (QED) is 0.386. The Labute approximate surface area is 167 Å². The number of halogens is 2. The molecule has 2 N–H and O–H groups in total. The highest BCUT2D eigenvalue weighted by atomic mass is 127. The van der Waals surface area contributed by atoms with Crippen molar-refractivity contribution in [2.24, 2.45) is 10.9 Å². The largest absolute Gasteiger partial charge is 0.486 e. The summed E-state index contributed by atoms with van der Waals surface area (Å²) in [5.74, 6) is 1.39. The van der Waals surface area contributed by atoms with Crippen molar-refractivity contribution in [2.45, 2.75) is 25.9 Å². The van der Waals surface area contributed by atoms with Crippen LogP contribution in [0.15, 0.2) is 29.3 Å². The molecule has 0 amide bonds. The zero-order chi connectivity index (χ0) is 17.4. The van der Waals surface area contributed by atoms with Crippen LogP contribution in [-0.4, -0.2) is 57.2 Å². The molecule has 0 aliphatic carbocycles. The Morgan fingerprint density at radius 1 is 1.32 bits per heavy atom. The van der Waals surface area contributed by atoms with E-state index in [4.69, 9.17) is 4.74 Å². The molecule has 0 aromatic heterocycles. The minimum Gasteiger partial charge on any atom is -0.486 e. The third-order valence-electron chi connectivity index (χ3n) is 4.34. The van der Waals surface area contributed by atoms with E-state index < -0.39 is 0 Å². The van der Waals surface area contributed by atoms with Crippen LogP contribution in [0.5, 0.6) is 5.75 Å². The van der Waals surface area contributed by atoms with Gasteiger partial charge in [-0.1, -0.05) is 12.1 Å². The molecular weight excluding hydrogens is 434 g/mol. The van der Waals surface area contributed by atoms with Crippen LogP contribution < -0.4 is 15.4 Å². The number of hydrogen-bond donors (Lipinski definition) is 2. The van der Waals surface area contributed by atoms with E-state index in [9.17, 15) is 4.39 Å². The molecule has 1 atom stereocenters. The lowest BCUT2D eigenvalue weighted by molar-refractivity contribution is 0.212. The highest BCUT2D eigenvalue weighted by Crippen LogP contribution is 2.17. The van der Waals surface area contributed by atoms with Gasteiger partial charge in [-0.3, -0.25) is 4.99 Å². The first kappa shape index (κ1) is 22.0. The number of nitrogens with zero attached hydrogens (tertiary/aromatic N) is 2. The molecule has 0 saturated carbocycles. The van der Waals surface area contributed by atoms with E-state index in [1.165, 1.54) is 18.9 Å². The molecule has 1 fully saturated rings. The first-order valence-electron chi connectivity index (χ1n) is 8.62. The van der Waals surface area contributed by atoms with E-state index >= 15 is 0 Å². The van der Waals surface area contributed by atoms with Gasteiger partial charge in [-0.25, -0.2) is 4.39 Å². The van der Waals surface area contributed by atoms with Crippen molar-refractivity contribution in [3.8, 4) is 5.75 Å². The van der Waals surface area contributed by atoms with Crippen LogP contribution in [0, 0.1) is 11.7 Å². The number of para-hydroxylation sites is 1. The standard InChI is InChI=1S/C18H29FN4O.HI/c1-14(24-17-7-5-4-6-16(17)19)12-21-18(20-2)22-13-15-8-10-23(3)11-9-15;/h4-7,14-15H,8-13H2,1-3H3,(H2,20,21,22);1H. The summed E-state index contributed by atoms with van der Waals surface area (Å²) in [7, 11) is 3.92. The maximum Gasteiger partial charge on any atom is 0.191 e. The lowest BCUT2D eigenvalue weighted by Gasteiger charge is -2.29. The lowest BCUT2D eigenvalue weighted by atomic mass is 9.97. The van der Waals surface area contributed by atoms with Crippen LogP contribution >= 0.6 is 24.0 Å². The van der Waals surface area contributed by atoms with E-state index in [2.05, 4.69) is 27.6 Å². The van der Waals surface area contributed by atoms with Crippen LogP contribution in [0.1, 0.15) is 19.8 Å².